The van der Waals surface area contributed by atoms with Gasteiger partial charge >= 0.3 is 0 Å². The van der Waals surface area contributed by atoms with Gasteiger partial charge in [0.2, 0.25) is 0 Å². The van der Waals surface area contributed by atoms with Gasteiger partial charge in [0.05, 0.1) is 32.5 Å². The van der Waals surface area contributed by atoms with Crippen LogP contribution in [-0.4, -0.2) is 14.0 Å². The maximum Gasteiger partial charge on any atom is 0.146 e. The van der Waals surface area contributed by atoms with Gasteiger partial charge in [0.1, 0.15) is 11.2 Å². The molecule has 216 valence electrons. The lowest BCUT2D eigenvalue weighted by Gasteiger charge is -2.15. The molecule has 11 aromatic rings. The Labute approximate surface area is 272 Å². The molecule has 4 heterocycles. The van der Waals surface area contributed by atoms with Crippen LogP contribution < -0.4 is 0 Å². The summed E-state index contributed by atoms with van der Waals surface area (Å²) in [6.45, 7) is 0. The van der Waals surface area contributed by atoms with E-state index >= 15 is 0 Å². The molecule has 0 aliphatic heterocycles. The van der Waals surface area contributed by atoms with Gasteiger partial charge in [-0.15, -0.1) is 11.3 Å². The second kappa shape index (κ2) is 8.43. The van der Waals surface area contributed by atoms with Crippen LogP contribution >= 0.6 is 11.3 Å². The van der Waals surface area contributed by atoms with E-state index in [9.17, 15) is 0 Å². The van der Waals surface area contributed by atoms with Crippen LogP contribution in [0.2, 0.25) is 0 Å². The monoisotopic (exact) mass is 613 g/mol. The number of benzene rings is 7. The van der Waals surface area contributed by atoms with Gasteiger partial charge in [-0.05, 0) is 51.9 Å². The molecule has 0 atom stereocenters. The number of para-hydroxylation sites is 1. The molecule has 0 fully saturated rings. The third kappa shape index (κ3) is 2.87. The van der Waals surface area contributed by atoms with Crippen LogP contribution in [0.3, 0.4) is 0 Å². The molecule has 0 unspecified atom stereocenters. The fourth-order valence-corrected chi connectivity index (χ4v) is 9.74. The molecule has 3 nitrogen and oxygen atoms in total. The number of fused-ring (bicyclic) bond motifs is 17. The zero-order valence-corrected chi connectivity index (χ0v) is 25.8. The van der Waals surface area contributed by atoms with Crippen molar-refractivity contribution in [2.45, 2.75) is 0 Å². The number of imidazole rings is 1. The molecular formula is C43H23N3S. The Morgan fingerprint density at radius 1 is 0.447 bits per heavy atom. The van der Waals surface area contributed by atoms with Gasteiger partial charge in [0.15, 0.2) is 0 Å². The average Bonchev–Trinajstić information content (AvgIpc) is 3.88. The fourth-order valence-electron chi connectivity index (χ4n) is 8.55. The lowest BCUT2D eigenvalue weighted by molar-refractivity contribution is 1.20. The van der Waals surface area contributed by atoms with E-state index in [1.165, 1.54) is 86.2 Å². The van der Waals surface area contributed by atoms with Crippen molar-refractivity contribution in [1.82, 2.24) is 14.0 Å². The highest BCUT2D eigenvalue weighted by Gasteiger charge is 2.26. The molecule has 0 radical (unpaired) electrons. The van der Waals surface area contributed by atoms with Crippen molar-refractivity contribution in [2.24, 2.45) is 0 Å². The minimum Gasteiger partial charge on any atom is -0.306 e. The Kier molecular flexibility index (Phi) is 4.36. The summed E-state index contributed by atoms with van der Waals surface area (Å²) in [6, 6.07) is 51.3. The van der Waals surface area contributed by atoms with Crippen molar-refractivity contribution in [3.05, 3.63) is 140 Å². The van der Waals surface area contributed by atoms with Crippen LogP contribution in [0.25, 0.3) is 108 Å². The molecule has 7 aromatic carbocycles. The molecule has 0 amide bonds. The number of thiophene rings is 1. The summed E-state index contributed by atoms with van der Waals surface area (Å²) in [4.78, 5) is 5.47. The Morgan fingerprint density at radius 3 is 2.00 bits per heavy atom. The van der Waals surface area contributed by atoms with E-state index in [1.807, 2.05) is 11.3 Å². The lowest BCUT2D eigenvalue weighted by Crippen LogP contribution is -1.98. The Hall–Kier alpha value is -5.97. The van der Waals surface area contributed by atoms with Gasteiger partial charge < -0.3 is 4.57 Å². The molecule has 12 rings (SSSR count). The number of rotatable bonds is 1. The van der Waals surface area contributed by atoms with Crippen molar-refractivity contribution in [1.29, 1.82) is 0 Å². The van der Waals surface area contributed by atoms with Crippen LogP contribution in [0, 0.1) is 0 Å². The standard InChI is InChI=1S/C43H23N3S/c1-2-11-25-24(10-1)27-16-9-17-32-35(22-20-28(25)38(27)32)45-34-18-7-5-15-33(34)41-40(45)29-13-3-4-14-31(29)43-44-39-36(46(41)43)23-21-30-26-12-6-8-19-37(26)47-42(30)39/h1-23H. The molecule has 0 bridgehead atoms. The van der Waals surface area contributed by atoms with Gasteiger partial charge in [-0.3, -0.25) is 4.40 Å². The van der Waals surface area contributed by atoms with Crippen LogP contribution in [0.5, 0.6) is 0 Å². The molecule has 1 aliphatic carbocycles. The maximum absolute atomic E-state index is 5.47. The van der Waals surface area contributed by atoms with E-state index < -0.39 is 0 Å². The SMILES string of the molecule is c1ccc2c(c1)-c1cccc3c(-n4c5ccccc5c5c4c4ccccc4c4nc6c7sc8ccccc8c7ccc6n45)ccc-2c13. The predicted molar refractivity (Wildman–Crippen MR) is 199 cm³/mol. The fraction of sp³-hybridized carbons (Fsp3) is 0. The first-order chi connectivity index (χ1) is 23.3. The third-order valence-electron chi connectivity index (χ3n) is 10.4. The Bertz CT molecular complexity index is 3160. The minimum atomic E-state index is 1.01. The van der Waals surface area contributed by atoms with E-state index in [0.29, 0.717) is 0 Å². The number of hydrogen-bond donors (Lipinski definition) is 0. The highest BCUT2D eigenvalue weighted by atomic mass is 32.1. The largest absolute Gasteiger partial charge is 0.306 e. The topological polar surface area (TPSA) is 22.2 Å². The smallest absolute Gasteiger partial charge is 0.146 e. The van der Waals surface area contributed by atoms with Crippen LogP contribution in [-0.2, 0) is 0 Å². The molecule has 4 aromatic heterocycles. The third-order valence-corrected chi connectivity index (χ3v) is 11.6. The van der Waals surface area contributed by atoms with Gasteiger partial charge in [-0.25, -0.2) is 4.98 Å². The maximum atomic E-state index is 5.47. The van der Waals surface area contributed by atoms with Gasteiger partial charge in [0, 0.05) is 37.0 Å². The van der Waals surface area contributed by atoms with Crippen molar-refractivity contribution in [3.63, 3.8) is 0 Å². The number of pyridine rings is 1. The van der Waals surface area contributed by atoms with Crippen molar-refractivity contribution in [3.8, 4) is 27.9 Å². The minimum absolute atomic E-state index is 1.01. The summed E-state index contributed by atoms with van der Waals surface area (Å²) in [5.41, 5.74) is 13.3. The summed E-state index contributed by atoms with van der Waals surface area (Å²) in [6.07, 6.45) is 0. The highest BCUT2D eigenvalue weighted by Crippen LogP contribution is 2.50. The lowest BCUT2D eigenvalue weighted by atomic mass is 10.0. The Balaban J connectivity index is 1.31. The summed E-state index contributed by atoms with van der Waals surface area (Å²) in [7, 11) is 0. The summed E-state index contributed by atoms with van der Waals surface area (Å²) in [5, 5.41) is 8.77. The molecule has 1 aliphatic rings. The zero-order valence-electron chi connectivity index (χ0n) is 25.0. The zero-order chi connectivity index (χ0) is 30.4. The van der Waals surface area contributed by atoms with Gasteiger partial charge in [0.25, 0.3) is 0 Å². The predicted octanol–water partition coefficient (Wildman–Crippen LogP) is 11.9. The van der Waals surface area contributed by atoms with Crippen molar-refractivity contribution < 1.29 is 0 Å². The second-order valence-corrected chi connectivity index (χ2v) is 13.7. The quantitative estimate of drug-likeness (QED) is 0.181. The first-order valence-corrected chi connectivity index (χ1v) is 16.9. The van der Waals surface area contributed by atoms with E-state index in [2.05, 4.69) is 148 Å². The van der Waals surface area contributed by atoms with Crippen molar-refractivity contribution >= 4 is 91.7 Å². The molecule has 0 spiro atoms. The summed E-state index contributed by atoms with van der Waals surface area (Å²) >= 11 is 1.85. The second-order valence-electron chi connectivity index (χ2n) is 12.7. The van der Waals surface area contributed by atoms with Gasteiger partial charge in [-0.1, -0.05) is 115 Å². The highest BCUT2D eigenvalue weighted by molar-refractivity contribution is 7.26. The van der Waals surface area contributed by atoms with Crippen LogP contribution in [0.4, 0.5) is 0 Å². The van der Waals surface area contributed by atoms with E-state index in [0.717, 1.165) is 22.1 Å². The number of nitrogens with zero attached hydrogens (tertiary/aromatic N) is 3. The first kappa shape index (κ1) is 24.3. The molecule has 0 N–H and O–H groups in total. The van der Waals surface area contributed by atoms with Gasteiger partial charge in [-0.2, -0.15) is 0 Å². The average molecular weight is 614 g/mol. The normalized spacial score (nSPS) is 12.7. The van der Waals surface area contributed by atoms with E-state index in [1.54, 1.807) is 0 Å². The number of hydrogen-bond acceptors (Lipinski definition) is 2. The first-order valence-electron chi connectivity index (χ1n) is 16.1. The summed E-state index contributed by atoms with van der Waals surface area (Å²) in [5.74, 6) is 0. The Morgan fingerprint density at radius 2 is 1.13 bits per heavy atom. The van der Waals surface area contributed by atoms with Crippen LogP contribution in [0.15, 0.2) is 140 Å². The van der Waals surface area contributed by atoms with Crippen LogP contribution in [0.1, 0.15) is 0 Å². The number of aromatic nitrogens is 3. The molecule has 47 heavy (non-hydrogen) atoms. The molecule has 0 saturated carbocycles. The molecule has 4 heteroatoms. The summed E-state index contributed by atoms with van der Waals surface area (Å²) < 4.78 is 7.50. The van der Waals surface area contributed by atoms with E-state index in [-0.39, 0.29) is 0 Å². The molecular weight excluding hydrogens is 591 g/mol. The molecule has 0 saturated heterocycles. The van der Waals surface area contributed by atoms with Crippen molar-refractivity contribution in [2.75, 3.05) is 0 Å². The van der Waals surface area contributed by atoms with E-state index in [4.69, 9.17) is 4.98 Å².